The molecule has 0 spiro atoms. The van der Waals surface area contributed by atoms with E-state index in [1.807, 2.05) is 29.6 Å². The Morgan fingerprint density at radius 2 is 1.83 bits per heavy atom. The third-order valence-corrected chi connectivity index (χ3v) is 5.75. The third-order valence-electron chi connectivity index (χ3n) is 3.98. The number of hydrogen-bond donors (Lipinski definition) is 2. The lowest BCUT2D eigenvalue weighted by Gasteiger charge is -2.08. The molecule has 0 radical (unpaired) electrons. The molecule has 9 heteroatoms. The summed E-state index contributed by atoms with van der Waals surface area (Å²) in [5, 5.41) is 7.93. The predicted octanol–water partition coefficient (Wildman–Crippen LogP) is 4.52. The van der Waals surface area contributed by atoms with Crippen LogP contribution < -0.4 is 20.1 Å². The number of amides is 2. The molecule has 7 nitrogen and oxygen atoms in total. The Balaban J connectivity index is 1.58. The minimum atomic E-state index is -0.145. The van der Waals surface area contributed by atoms with Crippen molar-refractivity contribution in [3.05, 3.63) is 47.8 Å². The quantitative estimate of drug-likeness (QED) is 0.498. The highest BCUT2D eigenvalue weighted by Crippen LogP contribution is 2.34. The number of nitrogens with zero attached hydrogens (tertiary/aromatic N) is 1. The average molecular weight is 444 g/mol. The van der Waals surface area contributed by atoms with Crippen molar-refractivity contribution >= 4 is 45.7 Å². The zero-order valence-electron chi connectivity index (χ0n) is 16.7. The molecule has 0 aliphatic rings. The van der Waals surface area contributed by atoms with Gasteiger partial charge in [-0.05, 0) is 36.4 Å². The van der Waals surface area contributed by atoms with Crippen LogP contribution in [-0.4, -0.2) is 36.8 Å². The summed E-state index contributed by atoms with van der Waals surface area (Å²) in [6.07, 6.45) is 0. The summed E-state index contributed by atoms with van der Waals surface area (Å²) in [6.45, 7) is 1.46. The first-order chi connectivity index (χ1) is 14.5. The largest absolute Gasteiger partial charge is 0.497 e. The van der Waals surface area contributed by atoms with Crippen molar-refractivity contribution in [1.29, 1.82) is 0 Å². The van der Waals surface area contributed by atoms with E-state index in [2.05, 4.69) is 15.6 Å². The van der Waals surface area contributed by atoms with Gasteiger partial charge >= 0.3 is 0 Å². The lowest BCUT2D eigenvalue weighted by molar-refractivity contribution is -0.114. The topological polar surface area (TPSA) is 89.6 Å². The van der Waals surface area contributed by atoms with Gasteiger partial charge < -0.3 is 20.1 Å². The first kappa shape index (κ1) is 21.7. The van der Waals surface area contributed by atoms with E-state index in [4.69, 9.17) is 9.47 Å². The smallest absolute Gasteiger partial charge is 0.236 e. The predicted molar refractivity (Wildman–Crippen MR) is 121 cm³/mol. The lowest BCUT2D eigenvalue weighted by Crippen LogP contribution is -2.13. The molecule has 2 N–H and O–H groups in total. The number of benzene rings is 2. The van der Waals surface area contributed by atoms with E-state index in [1.165, 1.54) is 30.0 Å². The molecule has 1 aromatic heterocycles. The van der Waals surface area contributed by atoms with Crippen LogP contribution in [-0.2, 0) is 9.59 Å². The molecule has 2 amide bonds. The third kappa shape index (κ3) is 5.74. The molecule has 30 heavy (non-hydrogen) atoms. The second-order valence-electron chi connectivity index (χ2n) is 6.15. The SMILES string of the molecule is COc1ccc(-c2csc(NC(=O)CSc3ccc(NC(C)=O)cc3)n2)c(OC)c1. The van der Waals surface area contributed by atoms with Gasteiger partial charge in [0.15, 0.2) is 5.13 Å². The molecule has 0 unspecified atom stereocenters. The Labute approximate surface area is 182 Å². The molecule has 3 aromatic rings. The first-order valence-electron chi connectivity index (χ1n) is 8.96. The number of ether oxygens (including phenoxy) is 2. The molecule has 0 fully saturated rings. The number of carbonyl (C=O) groups is 2. The van der Waals surface area contributed by atoms with Crippen LogP contribution >= 0.6 is 23.1 Å². The second-order valence-corrected chi connectivity index (χ2v) is 8.05. The Morgan fingerprint density at radius 3 is 2.50 bits per heavy atom. The summed E-state index contributed by atoms with van der Waals surface area (Å²) in [6, 6.07) is 12.8. The van der Waals surface area contributed by atoms with E-state index in [1.54, 1.807) is 32.4 Å². The number of thiazole rings is 1. The molecule has 156 valence electrons. The Bertz CT molecular complexity index is 1030. The van der Waals surface area contributed by atoms with Crippen molar-refractivity contribution in [3.63, 3.8) is 0 Å². The van der Waals surface area contributed by atoms with Gasteiger partial charge in [0, 0.05) is 34.5 Å². The number of aromatic nitrogens is 1. The molecule has 0 saturated heterocycles. The van der Waals surface area contributed by atoms with Gasteiger partial charge in [0.2, 0.25) is 11.8 Å². The maximum absolute atomic E-state index is 12.3. The molecular formula is C21H21N3O4S2. The van der Waals surface area contributed by atoms with Crippen molar-refractivity contribution < 1.29 is 19.1 Å². The standard InChI is InChI=1S/C21H21N3O4S2/c1-13(25)22-14-4-7-16(8-5-14)29-12-20(26)24-21-23-18(11-30-21)17-9-6-15(27-2)10-19(17)28-3/h4-11H,12H2,1-3H3,(H,22,25)(H,23,24,26). The Kier molecular flexibility index (Phi) is 7.31. The van der Waals surface area contributed by atoms with Crippen LogP contribution in [0.5, 0.6) is 11.5 Å². The summed E-state index contributed by atoms with van der Waals surface area (Å²) in [4.78, 5) is 28.8. The van der Waals surface area contributed by atoms with Gasteiger partial charge in [-0.1, -0.05) is 0 Å². The number of thioether (sulfide) groups is 1. The molecular weight excluding hydrogens is 422 g/mol. The van der Waals surface area contributed by atoms with Gasteiger partial charge in [-0.3, -0.25) is 9.59 Å². The number of carbonyl (C=O) groups excluding carboxylic acids is 2. The van der Waals surface area contributed by atoms with Crippen molar-refractivity contribution in [2.45, 2.75) is 11.8 Å². The first-order valence-corrected chi connectivity index (χ1v) is 10.8. The summed E-state index contributed by atoms with van der Waals surface area (Å²) in [5.74, 6) is 1.33. The molecule has 0 bridgehead atoms. The number of rotatable bonds is 8. The van der Waals surface area contributed by atoms with E-state index in [0.29, 0.717) is 16.6 Å². The number of methoxy groups -OCH3 is 2. The molecule has 0 saturated carbocycles. The van der Waals surface area contributed by atoms with Crippen LogP contribution in [0.1, 0.15) is 6.92 Å². The van der Waals surface area contributed by atoms with Crippen molar-refractivity contribution in [2.24, 2.45) is 0 Å². The van der Waals surface area contributed by atoms with Crippen LogP contribution in [0.2, 0.25) is 0 Å². The number of hydrogen-bond acceptors (Lipinski definition) is 7. The summed E-state index contributed by atoms with van der Waals surface area (Å²) in [5.41, 5.74) is 2.26. The molecule has 0 aliphatic carbocycles. The minimum absolute atomic E-state index is 0.121. The zero-order chi connectivity index (χ0) is 21.5. The average Bonchev–Trinajstić information content (AvgIpc) is 3.20. The molecule has 3 rings (SSSR count). The van der Waals surface area contributed by atoms with E-state index >= 15 is 0 Å². The van der Waals surface area contributed by atoms with Crippen molar-refractivity contribution in [2.75, 3.05) is 30.6 Å². The van der Waals surface area contributed by atoms with E-state index in [9.17, 15) is 9.59 Å². The fourth-order valence-corrected chi connectivity index (χ4v) is 4.03. The van der Waals surface area contributed by atoms with Gasteiger partial charge in [-0.15, -0.1) is 23.1 Å². The minimum Gasteiger partial charge on any atom is -0.497 e. The summed E-state index contributed by atoms with van der Waals surface area (Å²) in [7, 11) is 3.19. The van der Waals surface area contributed by atoms with Gasteiger partial charge in [0.25, 0.3) is 0 Å². The van der Waals surface area contributed by atoms with Gasteiger partial charge in [0.1, 0.15) is 11.5 Å². The highest BCUT2D eigenvalue weighted by atomic mass is 32.2. The Hall–Kier alpha value is -3.04. The highest BCUT2D eigenvalue weighted by molar-refractivity contribution is 8.00. The van der Waals surface area contributed by atoms with Gasteiger partial charge in [-0.2, -0.15) is 0 Å². The lowest BCUT2D eigenvalue weighted by atomic mass is 10.1. The van der Waals surface area contributed by atoms with Crippen molar-refractivity contribution in [1.82, 2.24) is 4.98 Å². The molecule has 0 aliphatic heterocycles. The number of nitrogens with one attached hydrogen (secondary N) is 2. The van der Waals surface area contributed by atoms with Crippen LogP contribution in [0.15, 0.2) is 52.7 Å². The van der Waals surface area contributed by atoms with Gasteiger partial charge in [-0.25, -0.2) is 4.98 Å². The molecule has 1 heterocycles. The summed E-state index contributed by atoms with van der Waals surface area (Å²) < 4.78 is 10.6. The maximum atomic E-state index is 12.3. The maximum Gasteiger partial charge on any atom is 0.236 e. The van der Waals surface area contributed by atoms with Crippen LogP contribution in [0.3, 0.4) is 0 Å². The number of anilines is 2. The Morgan fingerprint density at radius 1 is 1.07 bits per heavy atom. The fraction of sp³-hybridized carbons (Fsp3) is 0.190. The summed E-state index contributed by atoms with van der Waals surface area (Å²) >= 11 is 2.76. The molecule has 2 aromatic carbocycles. The van der Waals surface area contributed by atoms with Crippen LogP contribution in [0, 0.1) is 0 Å². The van der Waals surface area contributed by atoms with E-state index < -0.39 is 0 Å². The molecule has 0 atom stereocenters. The van der Waals surface area contributed by atoms with Gasteiger partial charge in [0.05, 0.1) is 25.7 Å². The zero-order valence-corrected chi connectivity index (χ0v) is 18.4. The normalized spacial score (nSPS) is 10.4. The van der Waals surface area contributed by atoms with E-state index in [-0.39, 0.29) is 17.6 Å². The second kappa shape index (κ2) is 10.1. The van der Waals surface area contributed by atoms with Crippen molar-refractivity contribution in [3.8, 4) is 22.8 Å². The fourth-order valence-electron chi connectivity index (χ4n) is 2.61. The highest BCUT2D eigenvalue weighted by Gasteiger charge is 2.13. The van der Waals surface area contributed by atoms with E-state index in [0.717, 1.165) is 21.8 Å². The monoisotopic (exact) mass is 443 g/mol. The van der Waals surface area contributed by atoms with Crippen LogP contribution in [0.4, 0.5) is 10.8 Å². The van der Waals surface area contributed by atoms with Crippen LogP contribution in [0.25, 0.3) is 11.3 Å².